The molecule has 0 unspecified atom stereocenters. The van der Waals surface area contributed by atoms with E-state index in [0.29, 0.717) is 28.5 Å². The number of ether oxygens (including phenoxy) is 1. The van der Waals surface area contributed by atoms with Gasteiger partial charge in [-0.1, -0.05) is 17.7 Å². The van der Waals surface area contributed by atoms with Crippen LogP contribution < -0.4 is 20.6 Å². The van der Waals surface area contributed by atoms with Crippen LogP contribution >= 0.6 is 11.6 Å². The Morgan fingerprint density at radius 3 is 2.53 bits per heavy atom. The van der Waals surface area contributed by atoms with Crippen molar-refractivity contribution in [3.63, 3.8) is 0 Å². The second-order valence-electron chi connectivity index (χ2n) is 10.0. The minimum absolute atomic E-state index is 0.156. The fourth-order valence-electron chi connectivity index (χ4n) is 5.52. The van der Waals surface area contributed by atoms with E-state index in [1.807, 2.05) is 36.4 Å². The number of aromatic nitrogens is 4. The SMILES string of the molecule is COc1cncc(-c2ccc3ncc4c(c3c2)n(-c2ccc(N3C[C@@H](C)N[C@@H](C)C3)c(Cl)c2)c(=O)n4C)c1. The minimum atomic E-state index is -0.156. The largest absolute Gasteiger partial charge is 0.495 e. The zero-order valence-electron chi connectivity index (χ0n) is 21.8. The summed E-state index contributed by atoms with van der Waals surface area (Å²) in [4.78, 5) is 24.8. The van der Waals surface area contributed by atoms with E-state index in [1.165, 1.54) is 0 Å². The lowest BCUT2D eigenvalue weighted by atomic mass is 10.0. The summed E-state index contributed by atoms with van der Waals surface area (Å²) in [7, 11) is 3.39. The smallest absolute Gasteiger partial charge is 0.333 e. The topological polar surface area (TPSA) is 77.2 Å². The van der Waals surface area contributed by atoms with Gasteiger partial charge < -0.3 is 15.0 Å². The molecule has 2 aromatic carbocycles. The van der Waals surface area contributed by atoms with Crippen molar-refractivity contribution in [2.75, 3.05) is 25.1 Å². The number of anilines is 1. The van der Waals surface area contributed by atoms with Gasteiger partial charge in [0.2, 0.25) is 0 Å². The van der Waals surface area contributed by atoms with Crippen molar-refractivity contribution in [2.45, 2.75) is 25.9 Å². The Morgan fingerprint density at radius 1 is 1.00 bits per heavy atom. The average molecular weight is 529 g/mol. The first kappa shape index (κ1) is 24.5. The van der Waals surface area contributed by atoms with Gasteiger partial charge in [0.25, 0.3) is 0 Å². The lowest BCUT2D eigenvalue weighted by Gasteiger charge is -2.38. The van der Waals surface area contributed by atoms with Gasteiger partial charge in [0, 0.05) is 49.4 Å². The molecule has 6 rings (SSSR count). The van der Waals surface area contributed by atoms with E-state index in [1.54, 1.807) is 41.9 Å². The summed E-state index contributed by atoms with van der Waals surface area (Å²) < 4.78 is 8.72. The maximum absolute atomic E-state index is 13.6. The first-order valence-electron chi connectivity index (χ1n) is 12.6. The Hall–Kier alpha value is -3.88. The van der Waals surface area contributed by atoms with Crippen molar-refractivity contribution in [3.8, 4) is 22.6 Å². The number of nitrogens with one attached hydrogen (secondary N) is 1. The van der Waals surface area contributed by atoms with Crippen LogP contribution in [0.25, 0.3) is 38.8 Å². The number of fused-ring (bicyclic) bond motifs is 3. The maximum atomic E-state index is 13.6. The fourth-order valence-corrected chi connectivity index (χ4v) is 5.81. The molecule has 5 aromatic rings. The number of rotatable bonds is 4. The second-order valence-corrected chi connectivity index (χ2v) is 10.4. The number of nitrogens with zero attached hydrogens (tertiary/aromatic N) is 5. The Morgan fingerprint density at radius 2 is 1.79 bits per heavy atom. The van der Waals surface area contributed by atoms with Gasteiger partial charge >= 0.3 is 5.69 Å². The molecule has 1 aliphatic rings. The van der Waals surface area contributed by atoms with E-state index >= 15 is 0 Å². The summed E-state index contributed by atoms with van der Waals surface area (Å²) in [5.41, 5.74) is 5.73. The molecule has 2 atom stereocenters. The van der Waals surface area contributed by atoms with Crippen LogP contribution in [0.5, 0.6) is 5.75 Å². The van der Waals surface area contributed by atoms with Gasteiger partial charge in [0.15, 0.2) is 0 Å². The Labute approximate surface area is 225 Å². The summed E-state index contributed by atoms with van der Waals surface area (Å²) >= 11 is 6.86. The predicted molar refractivity (Wildman–Crippen MR) is 153 cm³/mol. The molecule has 0 radical (unpaired) electrons. The number of piperazine rings is 1. The molecular formula is C29H29ClN6O2. The Kier molecular flexibility index (Phi) is 6.08. The van der Waals surface area contributed by atoms with Gasteiger partial charge in [-0.25, -0.2) is 4.79 Å². The van der Waals surface area contributed by atoms with Crippen LogP contribution in [0.2, 0.25) is 5.02 Å². The highest BCUT2D eigenvalue weighted by atomic mass is 35.5. The number of hydrogen-bond donors (Lipinski definition) is 1. The molecular weight excluding hydrogens is 500 g/mol. The standard InChI is InChI=1S/C29H29ClN6O2/c1-17-15-35(16-18(2)33-17)26-8-6-21(11-24(26)30)36-28-23-10-19(20-9-22(38-4)13-31-12-20)5-7-25(23)32-14-27(28)34(3)29(36)37/h5-14,17-18,33H,15-16H2,1-4H3/t17-,18+. The molecule has 9 heteroatoms. The Balaban J connectivity index is 1.52. The van der Waals surface area contributed by atoms with Crippen LogP contribution in [0.15, 0.2) is 65.8 Å². The molecule has 0 amide bonds. The van der Waals surface area contributed by atoms with Crippen molar-refractivity contribution in [1.29, 1.82) is 0 Å². The molecule has 8 nitrogen and oxygen atoms in total. The van der Waals surface area contributed by atoms with E-state index in [0.717, 1.165) is 51.8 Å². The quantitative estimate of drug-likeness (QED) is 0.361. The van der Waals surface area contributed by atoms with Crippen LogP contribution in [-0.4, -0.2) is 51.4 Å². The summed E-state index contributed by atoms with van der Waals surface area (Å²) in [5, 5.41) is 5.04. The van der Waals surface area contributed by atoms with Gasteiger partial charge in [-0.2, -0.15) is 0 Å². The molecule has 1 N–H and O–H groups in total. The highest BCUT2D eigenvalue weighted by Gasteiger charge is 2.24. The number of halogens is 1. The number of benzene rings is 2. The van der Waals surface area contributed by atoms with E-state index in [4.69, 9.17) is 16.3 Å². The zero-order valence-corrected chi connectivity index (χ0v) is 22.5. The van der Waals surface area contributed by atoms with Gasteiger partial charge in [-0.05, 0) is 55.8 Å². The lowest BCUT2D eigenvalue weighted by molar-refractivity contribution is 0.407. The molecule has 0 bridgehead atoms. The number of methoxy groups -OCH3 is 1. The number of imidazole rings is 1. The third kappa shape index (κ3) is 4.10. The van der Waals surface area contributed by atoms with Crippen molar-refractivity contribution in [2.24, 2.45) is 7.05 Å². The summed E-state index contributed by atoms with van der Waals surface area (Å²) in [6.45, 7) is 6.09. The molecule has 1 fully saturated rings. The van der Waals surface area contributed by atoms with Crippen LogP contribution in [-0.2, 0) is 7.05 Å². The normalized spacial score (nSPS) is 17.9. The highest BCUT2D eigenvalue weighted by Crippen LogP contribution is 2.33. The van der Waals surface area contributed by atoms with E-state index in [9.17, 15) is 4.79 Å². The van der Waals surface area contributed by atoms with E-state index < -0.39 is 0 Å². The van der Waals surface area contributed by atoms with Crippen molar-refractivity contribution in [3.05, 3.63) is 76.6 Å². The molecule has 4 heterocycles. The average Bonchev–Trinajstić information content (AvgIpc) is 3.17. The van der Waals surface area contributed by atoms with Crippen LogP contribution in [0, 0.1) is 0 Å². The summed E-state index contributed by atoms with van der Waals surface area (Å²) in [6, 6.07) is 14.6. The van der Waals surface area contributed by atoms with Gasteiger partial charge in [-0.3, -0.25) is 19.1 Å². The number of pyridine rings is 2. The molecule has 3 aromatic heterocycles. The van der Waals surface area contributed by atoms with Crippen molar-refractivity contribution >= 4 is 39.2 Å². The highest BCUT2D eigenvalue weighted by molar-refractivity contribution is 6.33. The molecule has 194 valence electrons. The predicted octanol–water partition coefficient (Wildman–Crippen LogP) is 4.79. The molecule has 0 saturated carbocycles. The molecule has 0 aliphatic carbocycles. The van der Waals surface area contributed by atoms with Gasteiger partial charge in [-0.15, -0.1) is 0 Å². The molecule has 38 heavy (non-hydrogen) atoms. The van der Waals surface area contributed by atoms with Crippen LogP contribution in [0.3, 0.4) is 0 Å². The molecule has 0 spiro atoms. The second kappa shape index (κ2) is 9.45. The number of aryl methyl sites for hydroxylation is 1. The van der Waals surface area contributed by atoms with Crippen molar-refractivity contribution in [1.82, 2.24) is 24.4 Å². The molecule has 1 aliphatic heterocycles. The first-order chi connectivity index (χ1) is 18.3. The summed E-state index contributed by atoms with van der Waals surface area (Å²) in [6.07, 6.45) is 5.22. The minimum Gasteiger partial charge on any atom is -0.495 e. The van der Waals surface area contributed by atoms with Crippen LogP contribution in [0.4, 0.5) is 5.69 Å². The van der Waals surface area contributed by atoms with E-state index in [2.05, 4.69) is 40.1 Å². The van der Waals surface area contributed by atoms with E-state index in [-0.39, 0.29) is 5.69 Å². The monoisotopic (exact) mass is 528 g/mol. The number of hydrogen-bond acceptors (Lipinski definition) is 6. The van der Waals surface area contributed by atoms with Gasteiger partial charge in [0.05, 0.1) is 52.5 Å². The van der Waals surface area contributed by atoms with Crippen molar-refractivity contribution < 1.29 is 4.74 Å². The third-order valence-electron chi connectivity index (χ3n) is 7.25. The maximum Gasteiger partial charge on any atom is 0.333 e. The lowest BCUT2D eigenvalue weighted by Crippen LogP contribution is -2.54. The molecule has 1 saturated heterocycles. The Bertz CT molecular complexity index is 1730. The first-order valence-corrected chi connectivity index (χ1v) is 13.0. The van der Waals surface area contributed by atoms with Crippen LogP contribution in [0.1, 0.15) is 13.8 Å². The zero-order chi connectivity index (χ0) is 26.6. The summed E-state index contributed by atoms with van der Waals surface area (Å²) in [5.74, 6) is 0.679. The third-order valence-corrected chi connectivity index (χ3v) is 7.56. The fraction of sp³-hybridized carbons (Fsp3) is 0.276. The van der Waals surface area contributed by atoms with Gasteiger partial charge in [0.1, 0.15) is 5.75 Å².